The molecule has 0 radical (unpaired) electrons. The van der Waals surface area contributed by atoms with Crippen molar-refractivity contribution in [2.45, 2.75) is 64.7 Å². The zero-order chi connectivity index (χ0) is 23.3. The molecule has 4 rings (SSSR count). The van der Waals surface area contributed by atoms with Gasteiger partial charge in [-0.25, -0.2) is 8.42 Å². The summed E-state index contributed by atoms with van der Waals surface area (Å²) in [5, 5.41) is 0.817. The number of piperidine rings is 1. The number of nitrogens with one attached hydrogen (secondary N) is 1. The van der Waals surface area contributed by atoms with Gasteiger partial charge in [-0.1, -0.05) is 20.8 Å². The number of esters is 1. The highest BCUT2D eigenvalue weighted by molar-refractivity contribution is 7.89. The predicted molar refractivity (Wildman–Crippen MR) is 122 cm³/mol. The number of carbonyl (C=O) groups is 2. The molecule has 0 amide bonds. The average molecular weight is 461 g/mol. The van der Waals surface area contributed by atoms with Crippen LogP contribution >= 0.6 is 0 Å². The maximum Gasteiger partial charge on any atom is 0.309 e. The van der Waals surface area contributed by atoms with E-state index in [1.807, 2.05) is 13.0 Å². The van der Waals surface area contributed by atoms with Crippen LogP contribution < -0.4 is 0 Å². The van der Waals surface area contributed by atoms with Crippen LogP contribution in [0.1, 0.15) is 68.6 Å². The lowest BCUT2D eigenvalue weighted by Crippen LogP contribution is -2.40. The highest BCUT2D eigenvalue weighted by atomic mass is 32.2. The molecule has 0 atom stereocenters. The Morgan fingerprint density at radius 2 is 1.88 bits per heavy atom. The van der Waals surface area contributed by atoms with Gasteiger partial charge in [0.05, 0.1) is 17.4 Å². The summed E-state index contributed by atoms with van der Waals surface area (Å²) in [7, 11) is -3.72. The van der Waals surface area contributed by atoms with E-state index in [4.69, 9.17) is 4.74 Å². The molecular formula is C24H32N2O5S. The first-order valence-electron chi connectivity index (χ1n) is 11.4. The van der Waals surface area contributed by atoms with Gasteiger partial charge in [0, 0.05) is 41.7 Å². The van der Waals surface area contributed by atoms with Crippen molar-refractivity contribution in [3.05, 3.63) is 29.0 Å². The topological polar surface area (TPSA) is 96.5 Å². The number of ketones is 1. The normalized spacial score (nSPS) is 19.8. The molecule has 2 aromatic rings. The first-order valence-corrected chi connectivity index (χ1v) is 12.9. The van der Waals surface area contributed by atoms with Crippen LogP contribution in [-0.2, 0) is 32.4 Å². The minimum Gasteiger partial charge on any atom is -0.466 e. The quantitative estimate of drug-likeness (QED) is 0.684. The number of ether oxygens (including phenoxy) is 1. The average Bonchev–Trinajstić information content (AvgIpc) is 3.09. The molecule has 0 unspecified atom stereocenters. The van der Waals surface area contributed by atoms with Crippen molar-refractivity contribution in [2.24, 2.45) is 11.3 Å². The number of Topliss-reactive ketones (excluding diaryl/α,β-unsaturated/α-hetero) is 1. The summed E-state index contributed by atoms with van der Waals surface area (Å²) in [6.07, 6.45) is 2.71. The molecule has 0 bridgehead atoms. The summed E-state index contributed by atoms with van der Waals surface area (Å²) < 4.78 is 33.7. The third-order valence-corrected chi connectivity index (χ3v) is 8.68. The number of aromatic amines is 1. The Kier molecular flexibility index (Phi) is 5.96. The Bertz CT molecular complexity index is 1170. The highest BCUT2D eigenvalue weighted by Crippen LogP contribution is 2.39. The fraction of sp³-hybridized carbons (Fsp3) is 0.583. The molecule has 7 nitrogen and oxygen atoms in total. The van der Waals surface area contributed by atoms with E-state index in [2.05, 4.69) is 18.8 Å². The molecule has 1 aliphatic heterocycles. The van der Waals surface area contributed by atoms with Crippen LogP contribution in [0, 0.1) is 11.3 Å². The first-order chi connectivity index (χ1) is 15.1. The van der Waals surface area contributed by atoms with Crippen LogP contribution in [0.15, 0.2) is 17.0 Å². The summed E-state index contributed by atoms with van der Waals surface area (Å²) in [6.45, 7) is 8.77. The summed E-state index contributed by atoms with van der Waals surface area (Å²) in [4.78, 5) is 28.5. The van der Waals surface area contributed by atoms with Gasteiger partial charge >= 0.3 is 5.97 Å². The Hall–Kier alpha value is -2.19. The summed E-state index contributed by atoms with van der Waals surface area (Å²) in [6, 6.07) is 3.57. The van der Waals surface area contributed by atoms with Crippen LogP contribution in [0.2, 0.25) is 0 Å². The van der Waals surface area contributed by atoms with E-state index >= 15 is 0 Å². The zero-order valence-electron chi connectivity index (χ0n) is 19.3. The maximum atomic E-state index is 13.6. The smallest absolute Gasteiger partial charge is 0.309 e. The summed E-state index contributed by atoms with van der Waals surface area (Å²) in [5.41, 5.74) is 2.90. The molecule has 1 N–H and O–H groups in total. The van der Waals surface area contributed by atoms with Crippen LogP contribution in [-0.4, -0.2) is 49.2 Å². The number of hydrogen-bond acceptors (Lipinski definition) is 5. The van der Waals surface area contributed by atoms with Crippen molar-refractivity contribution < 1.29 is 22.7 Å². The Balaban J connectivity index is 1.68. The number of fused-ring (bicyclic) bond motifs is 3. The van der Waals surface area contributed by atoms with Gasteiger partial charge in [-0.2, -0.15) is 4.31 Å². The molecule has 32 heavy (non-hydrogen) atoms. The summed E-state index contributed by atoms with van der Waals surface area (Å²) >= 11 is 0. The molecule has 1 aliphatic carbocycles. The van der Waals surface area contributed by atoms with Gasteiger partial charge in [-0.15, -0.1) is 0 Å². The molecule has 174 valence electrons. The second-order valence-corrected chi connectivity index (χ2v) is 11.6. The van der Waals surface area contributed by atoms with Gasteiger partial charge < -0.3 is 9.72 Å². The number of benzene rings is 1. The van der Waals surface area contributed by atoms with Crippen molar-refractivity contribution in [2.75, 3.05) is 19.7 Å². The molecule has 2 aliphatic rings. The number of rotatable bonds is 5. The zero-order valence-corrected chi connectivity index (χ0v) is 20.1. The van der Waals surface area contributed by atoms with Gasteiger partial charge in [0.25, 0.3) is 0 Å². The van der Waals surface area contributed by atoms with E-state index in [0.29, 0.717) is 62.0 Å². The summed E-state index contributed by atoms with van der Waals surface area (Å²) in [5.74, 6) is -0.384. The standard InChI is InChI=1S/C24H32N2O5S/c1-5-15-11-17-18(25-19-13-24(3,4)14-20(27)22(17)19)12-21(15)32(29,30)26-9-7-16(8-10-26)23(28)31-6-2/h11-12,16,25H,5-10,13-14H2,1-4H3. The van der Waals surface area contributed by atoms with Crippen molar-refractivity contribution in [1.82, 2.24) is 9.29 Å². The maximum absolute atomic E-state index is 13.6. The lowest BCUT2D eigenvalue weighted by molar-refractivity contribution is -0.149. The number of aromatic nitrogens is 1. The van der Waals surface area contributed by atoms with E-state index in [1.165, 1.54) is 4.31 Å². The molecule has 1 saturated heterocycles. The second-order valence-electron chi connectivity index (χ2n) is 9.71. The fourth-order valence-corrected chi connectivity index (χ4v) is 6.86. The lowest BCUT2D eigenvalue weighted by Gasteiger charge is -2.30. The Morgan fingerprint density at radius 1 is 1.19 bits per heavy atom. The van der Waals surface area contributed by atoms with Crippen LogP contribution in [0.4, 0.5) is 0 Å². The third kappa shape index (κ3) is 3.99. The van der Waals surface area contributed by atoms with Crippen LogP contribution in [0.3, 0.4) is 0 Å². The Labute approximate surface area is 189 Å². The minimum atomic E-state index is -3.72. The van der Waals surface area contributed by atoms with Gasteiger partial charge in [-0.05, 0) is 55.7 Å². The lowest BCUT2D eigenvalue weighted by atomic mass is 9.76. The van der Waals surface area contributed by atoms with E-state index < -0.39 is 10.0 Å². The van der Waals surface area contributed by atoms with Crippen molar-refractivity contribution >= 4 is 32.7 Å². The molecular weight excluding hydrogens is 428 g/mol. The minimum absolute atomic E-state index is 0.112. The predicted octanol–water partition coefficient (Wildman–Crippen LogP) is 3.85. The number of aryl methyl sites for hydroxylation is 1. The number of hydrogen-bond donors (Lipinski definition) is 1. The Morgan fingerprint density at radius 3 is 2.50 bits per heavy atom. The van der Waals surface area contributed by atoms with Crippen molar-refractivity contribution in [3.8, 4) is 0 Å². The molecule has 1 fully saturated rings. The highest BCUT2D eigenvalue weighted by Gasteiger charge is 2.36. The molecule has 0 saturated carbocycles. The third-order valence-electron chi connectivity index (χ3n) is 6.70. The van der Waals surface area contributed by atoms with Crippen LogP contribution in [0.25, 0.3) is 10.9 Å². The van der Waals surface area contributed by atoms with E-state index in [-0.39, 0.29) is 28.0 Å². The molecule has 8 heteroatoms. The van der Waals surface area contributed by atoms with E-state index in [0.717, 1.165) is 17.5 Å². The largest absolute Gasteiger partial charge is 0.466 e. The van der Waals surface area contributed by atoms with Crippen molar-refractivity contribution in [3.63, 3.8) is 0 Å². The monoisotopic (exact) mass is 460 g/mol. The molecule has 1 aromatic carbocycles. The molecule has 1 aromatic heterocycles. The first kappa shape index (κ1) is 23.0. The van der Waals surface area contributed by atoms with Gasteiger partial charge in [0.15, 0.2) is 5.78 Å². The second kappa shape index (κ2) is 8.30. The van der Waals surface area contributed by atoms with Crippen molar-refractivity contribution in [1.29, 1.82) is 0 Å². The van der Waals surface area contributed by atoms with E-state index in [9.17, 15) is 18.0 Å². The number of nitrogens with zero attached hydrogens (tertiary/aromatic N) is 1. The molecule has 0 spiro atoms. The van der Waals surface area contributed by atoms with Gasteiger partial charge in [-0.3, -0.25) is 9.59 Å². The van der Waals surface area contributed by atoms with Gasteiger partial charge in [0.2, 0.25) is 10.0 Å². The SMILES string of the molecule is CCOC(=O)C1CCN(S(=O)(=O)c2cc3[nH]c4c(c3cc2CC)C(=O)CC(C)(C)C4)CC1. The van der Waals surface area contributed by atoms with Crippen LogP contribution in [0.5, 0.6) is 0 Å². The number of carbonyl (C=O) groups excluding carboxylic acids is 2. The van der Waals surface area contributed by atoms with Gasteiger partial charge in [0.1, 0.15) is 0 Å². The number of sulfonamides is 1. The fourth-order valence-electron chi connectivity index (χ4n) is 5.09. The number of H-pyrrole nitrogens is 1. The van der Waals surface area contributed by atoms with E-state index in [1.54, 1.807) is 13.0 Å². The molecule has 2 heterocycles.